The van der Waals surface area contributed by atoms with Crippen molar-refractivity contribution in [2.45, 2.75) is 74.6 Å². The minimum absolute atomic E-state index is 0.105. The van der Waals surface area contributed by atoms with Crippen molar-refractivity contribution in [2.75, 3.05) is 20.2 Å². The Morgan fingerprint density at radius 2 is 1.90 bits per heavy atom. The number of benzene rings is 2. The largest absolute Gasteiger partial charge is 0.494 e. The number of aromatic nitrogens is 1. The van der Waals surface area contributed by atoms with Gasteiger partial charge in [0.25, 0.3) is 0 Å². The Morgan fingerprint density at radius 3 is 2.64 bits per heavy atom. The number of hydrogen-bond acceptors (Lipinski definition) is 6. The number of nitrogens with zero attached hydrogens (tertiary/aromatic N) is 2. The molecule has 8 nitrogen and oxygen atoms in total. The lowest BCUT2D eigenvalue weighted by Gasteiger charge is -2.30. The first-order valence-corrected chi connectivity index (χ1v) is 15.7. The standard InChI is InChI=1S/C30H35F3N4O4S/c1-41-25-12-13-26(23-8-6-14-34-29(23)25)42(39,40)36-27(30(31,32)33)18-28(38)35-24-9-5-7-21-17-20(10-11-22(21)24)19-37-15-3-2-4-16-37/h6,8,10-14,17,24,27,36H,2-5,7,9,15-16,18-19H2,1H3,(H,35,38)/t24-,27+/m1/s1. The molecule has 2 atom stereocenters. The predicted molar refractivity (Wildman–Crippen MR) is 152 cm³/mol. The number of carbonyl (C=O) groups excluding carboxylic acids is 1. The highest BCUT2D eigenvalue weighted by Gasteiger charge is 2.44. The number of methoxy groups -OCH3 is 1. The molecule has 226 valence electrons. The summed E-state index contributed by atoms with van der Waals surface area (Å²) < 4.78 is 75.5. The van der Waals surface area contributed by atoms with Gasteiger partial charge in [-0.25, -0.2) is 8.42 Å². The van der Waals surface area contributed by atoms with E-state index in [1.165, 1.54) is 56.3 Å². The second-order valence-electron chi connectivity index (χ2n) is 11.0. The maximum Gasteiger partial charge on any atom is 0.405 e. The summed E-state index contributed by atoms with van der Waals surface area (Å²) in [6, 6.07) is 8.49. The quantitative estimate of drug-likeness (QED) is 0.356. The van der Waals surface area contributed by atoms with Crippen LogP contribution in [0.5, 0.6) is 5.75 Å². The molecule has 2 aromatic carbocycles. The van der Waals surface area contributed by atoms with Gasteiger partial charge in [-0.3, -0.25) is 14.7 Å². The van der Waals surface area contributed by atoms with Crippen LogP contribution in [0, 0.1) is 0 Å². The lowest BCUT2D eigenvalue weighted by atomic mass is 9.86. The van der Waals surface area contributed by atoms with E-state index in [9.17, 15) is 26.4 Å². The maximum absolute atomic E-state index is 14.1. The van der Waals surface area contributed by atoms with Crippen molar-refractivity contribution in [3.63, 3.8) is 0 Å². The maximum atomic E-state index is 14.1. The Morgan fingerprint density at radius 1 is 1.12 bits per heavy atom. The van der Waals surface area contributed by atoms with Crippen molar-refractivity contribution < 1.29 is 31.1 Å². The number of alkyl halides is 3. The number of ether oxygens (including phenoxy) is 1. The first-order chi connectivity index (χ1) is 20.0. The summed E-state index contributed by atoms with van der Waals surface area (Å²) in [5.74, 6) is -0.598. The Hall–Kier alpha value is -3.22. The number of hydrogen-bond donors (Lipinski definition) is 2. The van der Waals surface area contributed by atoms with E-state index in [1.807, 2.05) is 12.1 Å². The molecule has 0 spiro atoms. The van der Waals surface area contributed by atoms with Crippen LogP contribution >= 0.6 is 0 Å². The number of aryl methyl sites for hydroxylation is 1. The van der Waals surface area contributed by atoms with Crippen molar-refractivity contribution in [2.24, 2.45) is 0 Å². The van der Waals surface area contributed by atoms with E-state index in [0.29, 0.717) is 6.42 Å². The molecule has 1 fully saturated rings. The molecule has 2 N–H and O–H groups in total. The van der Waals surface area contributed by atoms with Gasteiger partial charge < -0.3 is 10.1 Å². The number of halogens is 3. The normalized spacial score (nSPS) is 18.8. The molecule has 0 unspecified atom stereocenters. The third-order valence-corrected chi connectivity index (χ3v) is 9.53. The third kappa shape index (κ3) is 6.87. The Bertz CT molecular complexity index is 1540. The monoisotopic (exact) mass is 604 g/mol. The van der Waals surface area contributed by atoms with Gasteiger partial charge in [0.05, 0.1) is 24.5 Å². The fraction of sp³-hybridized carbons (Fsp3) is 0.467. The fourth-order valence-corrected chi connectivity index (χ4v) is 7.34. The van der Waals surface area contributed by atoms with Gasteiger partial charge in [0.2, 0.25) is 15.9 Å². The van der Waals surface area contributed by atoms with Gasteiger partial charge in [-0.2, -0.15) is 17.9 Å². The van der Waals surface area contributed by atoms with E-state index < -0.39 is 40.6 Å². The minimum atomic E-state index is -5.00. The number of nitrogens with one attached hydrogen (secondary N) is 2. The molecule has 0 radical (unpaired) electrons. The van der Waals surface area contributed by atoms with Gasteiger partial charge in [0.15, 0.2) is 0 Å². The molecule has 2 heterocycles. The highest BCUT2D eigenvalue weighted by atomic mass is 32.2. The van der Waals surface area contributed by atoms with Crippen LogP contribution in [0.25, 0.3) is 10.9 Å². The smallest absolute Gasteiger partial charge is 0.405 e. The lowest BCUT2D eigenvalue weighted by molar-refractivity contribution is -0.158. The van der Waals surface area contributed by atoms with Gasteiger partial charge in [-0.15, -0.1) is 0 Å². The van der Waals surface area contributed by atoms with Crippen LogP contribution < -0.4 is 14.8 Å². The van der Waals surface area contributed by atoms with Crippen molar-refractivity contribution in [3.05, 3.63) is 65.4 Å². The minimum Gasteiger partial charge on any atom is -0.494 e. The first-order valence-electron chi connectivity index (χ1n) is 14.2. The van der Waals surface area contributed by atoms with Gasteiger partial charge in [0.1, 0.15) is 17.3 Å². The highest BCUT2D eigenvalue weighted by Crippen LogP contribution is 2.33. The second-order valence-corrected chi connectivity index (χ2v) is 12.6. The summed E-state index contributed by atoms with van der Waals surface area (Å²) >= 11 is 0. The average Bonchev–Trinajstić information content (AvgIpc) is 2.96. The van der Waals surface area contributed by atoms with E-state index in [1.54, 1.807) is 4.72 Å². The van der Waals surface area contributed by atoms with Crippen LogP contribution in [0.4, 0.5) is 13.2 Å². The van der Waals surface area contributed by atoms with E-state index in [0.717, 1.165) is 49.7 Å². The molecule has 2 aliphatic rings. The zero-order valence-electron chi connectivity index (χ0n) is 23.4. The Balaban J connectivity index is 1.30. The Kier molecular flexibility index (Phi) is 9.05. The van der Waals surface area contributed by atoms with E-state index in [2.05, 4.69) is 21.3 Å². The summed E-state index contributed by atoms with van der Waals surface area (Å²) in [5, 5.41) is 2.84. The molecule has 1 aliphatic carbocycles. The molecule has 5 rings (SSSR count). The lowest BCUT2D eigenvalue weighted by Crippen LogP contribution is -2.48. The second kappa shape index (κ2) is 12.6. The molecule has 1 amide bonds. The predicted octanol–water partition coefficient (Wildman–Crippen LogP) is 5.02. The van der Waals surface area contributed by atoms with Gasteiger partial charge >= 0.3 is 6.18 Å². The summed E-state index contributed by atoms with van der Waals surface area (Å²) in [6.45, 7) is 3.01. The van der Waals surface area contributed by atoms with Crippen molar-refractivity contribution in [1.82, 2.24) is 19.9 Å². The van der Waals surface area contributed by atoms with Crippen LogP contribution in [0.3, 0.4) is 0 Å². The Labute approximate surface area is 243 Å². The molecule has 12 heteroatoms. The number of fused-ring (bicyclic) bond motifs is 2. The van der Waals surface area contributed by atoms with Crippen LogP contribution in [-0.4, -0.2) is 56.6 Å². The van der Waals surface area contributed by atoms with E-state index in [4.69, 9.17) is 4.74 Å². The SMILES string of the molecule is COc1ccc(S(=O)(=O)N[C@@H](CC(=O)N[C@@H]2CCCc3cc(CN4CCCCC4)ccc32)C(F)(F)F)c2cccnc12. The molecule has 1 saturated heterocycles. The van der Waals surface area contributed by atoms with Gasteiger partial charge in [-0.05, 0) is 86.1 Å². The van der Waals surface area contributed by atoms with E-state index >= 15 is 0 Å². The molecule has 0 bridgehead atoms. The van der Waals surface area contributed by atoms with Crippen LogP contribution in [0.15, 0.2) is 53.6 Å². The van der Waals surface area contributed by atoms with E-state index in [-0.39, 0.29) is 21.5 Å². The summed E-state index contributed by atoms with van der Waals surface area (Å²) in [6.07, 6.45) is 1.21. The molecule has 3 aromatic rings. The van der Waals surface area contributed by atoms with Gasteiger partial charge in [-0.1, -0.05) is 24.6 Å². The zero-order valence-corrected chi connectivity index (χ0v) is 24.2. The molecule has 0 saturated carbocycles. The number of sulfonamides is 1. The number of carbonyl (C=O) groups is 1. The first kappa shape index (κ1) is 30.2. The topological polar surface area (TPSA) is 101 Å². The molecule has 1 aliphatic heterocycles. The zero-order chi connectivity index (χ0) is 29.9. The third-order valence-electron chi connectivity index (χ3n) is 8.00. The van der Waals surface area contributed by atoms with Crippen LogP contribution in [0.2, 0.25) is 0 Å². The van der Waals surface area contributed by atoms with Gasteiger partial charge in [0, 0.05) is 18.1 Å². The summed E-state index contributed by atoms with van der Waals surface area (Å²) in [4.78, 5) is 19.1. The highest BCUT2D eigenvalue weighted by molar-refractivity contribution is 7.89. The summed E-state index contributed by atoms with van der Waals surface area (Å²) in [7, 11) is -3.31. The number of likely N-dealkylation sites (tertiary alicyclic amines) is 1. The summed E-state index contributed by atoms with van der Waals surface area (Å²) in [5.41, 5.74) is 3.38. The number of piperidine rings is 1. The number of pyridine rings is 1. The average molecular weight is 605 g/mol. The molecule has 1 aromatic heterocycles. The van der Waals surface area contributed by atoms with Crippen LogP contribution in [0.1, 0.15) is 61.3 Å². The molecular weight excluding hydrogens is 569 g/mol. The molecule has 42 heavy (non-hydrogen) atoms. The fourth-order valence-electron chi connectivity index (χ4n) is 5.92. The number of amides is 1. The van der Waals surface area contributed by atoms with Crippen LogP contribution in [-0.2, 0) is 27.8 Å². The number of rotatable bonds is 9. The van der Waals surface area contributed by atoms with Crippen molar-refractivity contribution in [1.29, 1.82) is 0 Å². The van der Waals surface area contributed by atoms with Crippen molar-refractivity contribution in [3.8, 4) is 5.75 Å². The molecular formula is C30H35F3N4O4S. The van der Waals surface area contributed by atoms with Crippen molar-refractivity contribution >= 4 is 26.8 Å².